The smallest absolute Gasteiger partial charge is 0.308 e. The van der Waals surface area contributed by atoms with Gasteiger partial charge in [0.2, 0.25) is 10.0 Å². The molecule has 0 saturated carbocycles. The first-order valence-electron chi connectivity index (χ1n) is 10.5. The minimum absolute atomic E-state index is 0.118. The van der Waals surface area contributed by atoms with Crippen LogP contribution in [0.3, 0.4) is 0 Å². The van der Waals surface area contributed by atoms with Gasteiger partial charge in [0.15, 0.2) is 11.5 Å². The van der Waals surface area contributed by atoms with Gasteiger partial charge in [-0.15, -0.1) is 0 Å². The third-order valence-corrected chi connectivity index (χ3v) is 8.01. The molecule has 0 spiro atoms. The number of sulfonamides is 1. The lowest BCUT2D eigenvalue weighted by Gasteiger charge is -2.21. The molecule has 3 aromatic carbocycles. The molecule has 1 aliphatic heterocycles. The Morgan fingerprint density at radius 2 is 1.76 bits per heavy atom. The molecule has 1 N–H and O–H groups in total. The molecular weight excluding hydrogens is 460 g/mol. The normalized spacial score (nSPS) is 14.3. The lowest BCUT2D eigenvalue weighted by atomic mass is 10.1. The molecule has 0 amide bonds. The minimum Gasteiger partial charge on any atom is -0.486 e. The molecule has 170 valence electrons. The first-order chi connectivity index (χ1) is 15.9. The highest BCUT2D eigenvalue weighted by molar-refractivity contribution is 7.89. The summed E-state index contributed by atoms with van der Waals surface area (Å²) in [6.45, 7) is 3.17. The topological polar surface area (TPSA) is 86.6 Å². The molecule has 0 bridgehead atoms. The number of hydrogen-bond donors (Lipinski definition) is 1. The van der Waals surface area contributed by atoms with Crippen LogP contribution >= 0.6 is 11.3 Å². The first-order valence-corrected chi connectivity index (χ1v) is 12.8. The number of aromatic nitrogens is 1. The van der Waals surface area contributed by atoms with Gasteiger partial charge in [0.25, 0.3) is 0 Å². The van der Waals surface area contributed by atoms with E-state index >= 15 is 0 Å². The van der Waals surface area contributed by atoms with E-state index in [4.69, 9.17) is 9.47 Å². The van der Waals surface area contributed by atoms with Crippen LogP contribution in [0, 0.1) is 0 Å². The van der Waals surface area contributed by atoms with Gasteiger partial charge in [-0.25, -0.2) is 13.1 Å². The second-order valence-corrected chi connectivity index (χ2v) is 10.5. The van der Waals surface area contributed by atoms with Crippen molar-refractivity contribution in [3.05, 3.63) is 87.5 Å². The lowest BCUT2D eigenvalue weighted by Crippen LogP contribution is -2.27. The second-order valence-electron chi connectivity index (χ2n) is 7.82. The van der Waals surface area contributed by atoms with E-state index < -0.39 is 16.1 Å². The van der Waals surface area contributed by atoms with Crippen molar-refractivity contribution in [1.82, 2.24) is 9.29 Å². The summed E-state index contributed by atoms with van der Waals surface area (Å²) in [5.41, 5.74) is 2.49. The first kappa shape index (κ1) is 21.7. The minimum atomic E-state index is -3.81. The summed E-state index contributed by atoms with van der Waals surface area (Å²) < 4.78 is 42.3. The van der Waals surface area contributed by atoms with E-state index in [1.54, 1.807) is 35.8 Å². The zero-order chi connectivity index (χ0) is 23.0. The fourth-order valence-electron chi connectivity index (χ4n) is 3.83. The Morgan fingerprint density at radius 3 is 2.55 bits per heavy atom. The molecule has 0 aliphatic carbocycles. The molecule has 9 heteroatoms. The van der Waals surface area contributed by atoms with Crippen LogP contribution in [-0.2, 0) is 16.6 Å². The Kier molecular flexibility index (Phi) is 5.69. The van der Waals surface area contributed by atoms with Crippen LogP contribution in [-0.4, -0.2) is 26.2 Å². The summed E-state index contributed by atoms with van der Waals surface area (Å²) in [7, 11) is -3.81. The van der Waals surface area contributed by atoms with E-state index in [9.17, 15) is 13.2 Å². The number of benzene rings is 3. The maximum absolute atomic E-state index is 13.1. The van der Waals surface area contributed by atoms with Crippen molar-refractivity contribution < 1.29 is 17.9 Å². The molecule has 0 fully saturated rings. The van der Waals surface area contributed by atoms with E-state index in [1.165, 1.54) is 6.07 Å². The number of nitrogens with one attached hydrogen (secondary N) is 1. The maximum atomic E-state index is 13.1. The van der Waals surface area contributed by atoms with Crippen molar-refractivity contribution in [2.45, 2.75) is 24.4 Å². The Morgan fingerprint density at radius 1 is 1.00 bits per heavy atom. The number of fused-ring (bicyclic) bond motifs is 2. The van der Waals surface area contributed by atoms with E-state index in [0.717, 1.165) is 22.5 Å². The maximum Gasteiger partial charge on any atom is 0.308 e. The van der Waals surface area contributed by atoms with E-state index in [-0.39, 0.29) is 9.77 Å². The fraction of sp³-hybridized carbons (Fsp3) is 0.208. The van der Waals surface area contributed by atoms with E-state index in [1.807, 2.05) is 36.4 Å². The van der Waals surface area contributed by atoms with Crippen LogP contribution < -0.4 is 19.1 Å². The van der Waals surface area contributed by atoms with Crippen LogP contribution in [0.1, 0.15) is 24.1 Å². The zero-order valence-electron chi connectivity index (χ0n) is 17.9. The van der Waals surface area contributed by atoms with Gasteiger partial charge < -0.3 is 9.47 Å². The number of hydrogen-bond acceptors (Lipinski definition) is 6. The molecule has 4 aromatic rings. The van der Waals surface area contributed by atoms with Crippen LogP contribution in [0.25, 0.3) is 10.2 Å². The average Bonchev–Trinajstić information content (AvgIpc) is 3.13. The highest BCUT2D eigenvalue weighted by Crippen LogP contribution is 2.33. The summed E-state index contributed by atoms with van der Waals surface area (Å²) in [5, 5.41) is 0. The molecule has 2 heterocycles. The summed E-state index contributed by atoms with van der Waals surface area (Å²) in [5.74, 6) is 1.26. The molecule has 1 aliphatic rings. The van der Waals surface area contributed by atoms with Gasteiger partial charge in [-0.2, -0.15) is 0 Å². The average molecular weight is 483 g/mol. The number of thiazole rings is 1. The van der Waals surface area contributed by atoms with Crippen molar-refractivity contribution in [1.29, 1.82) is 0 Å². The summed E-state index contributed by atoms with van der Waals surface area (Å²) in [6.07, 6.45) is 0. The summed E-state index contributed by atoms with van der Waals surface area (Å²) >= 11 is 1.04. The Labute approximate surface area is 195 Å². The monoisotopic (exact) mass is 482 g/mol. The Bertz CT molecular complexity index is 1480. The Balaban J connectivity index is 1.40. The molecule has 5 rings (SSSR count). The van der Waals surface area contributed by atoms with Crippen molar-refractivity contribution in [2.75, 3.05) is 13.2 Å². The predicted molar refractivity (Wildman–Crippen MR) is 128 cm³/mol. The molecule has 0 radical (unpaired) electrons. The predicted octanol–water partition coefficient (Wildman–Crippen LogP) is 3.92. The molecule has 1 atom stereocenters. The highest BCUT2D eigenvalue weighted by atomic mass is 32.2. The van der Waals surface area contributed by atoms with Crippen LogP contribution in [0.2, 0.25) is 0 Å². The van der Waals surface area contributed by atoms with Gasteiger partial charge in [0, 0.05) is 6.04 Å². The van der Waals surface area contributed by atoms with Crippen LogP contribution in [0.15, 0.2) is 76.4 Å². The zero-order valence-corrected chi connectivity index (χ0v) is 19.5. The van der Waals surface area contributed by atoms with Crippen molar-refractivity contribution in [2.24, 2.45) is 0 Å². The number of rotatable bonds is 6. The number of ether oxygens (including phenoxy) is 2. The summed E-state index contributed by atoms with van der Waals surface area (Å²) in [4.78, 5) is 12.6. The van der Waals surface area contributed by atoms with Crippen molar-refractivity contribution in [3.63, 3.8) is 0 Å². The standard InChI is InChI=1S/C24H22N2O5S2/c1-16(18-7-10-21-22(13-18)31-12-11-30-21)25-33(28,29)19-8-9-20-23(14-19)32-24(27)26(20)15-17-5-3-2-4-6-17/h2-10,13-14,16,25H,11-12,15H2,1H3/t16-/m0/s1. The van der Waals surface area contributed by atoms with Gasteiger partial charge in [0.1, 0.15) is 13.2 Å². The van der Waals surface area contributed by atoms with Crippen LogP contribution in [0.5, 0.6) is 11.5 Å². The van der Waals surface area contributed by atoms with E-state index in [2.05, 4.69) is 4.72 Å². The SMILES string of the molecule is C[C@H](NS(=O)(=O)c1ccc2c(c1)sc(=O)n2Cc1ccccc1)c1ccc2c(c1)OCCO2. The molecule has 33 heavy (non-hydrogen) atoms. The van der Waals surface area contributed by atoms with Gasteiger partial charge in [-0.05, 0) is 48.4 Å². The van der Waals surface area contributed by atoms with Crippen molar-refractivity contribution in [3.8, 4) is 11.5 Å². The highest BCUT2D eigenvalue weighted by Gasteiger charge is 2.22. The Hall–Kier alpha value is -3.14. The number of nitrogens with zero attached hydrogens (tertiary/aromatic N) is 1. The largest absolute Gasteiger partial charge is 0.486 e. The van der Waals surface area contributed by atoms with E-state index in [0.29, 0.717) is 41.5 Å². The summed E-state index contributed by atoms with van der Waals surface area (Å²) in [6, 6.07) is 19.4. The second kappa shape index (κ2) is 8.66. The quantitative estimate of drug-likeness (QED) is 0.450. The molecule has 7 nitrogen and oxygen atoms in total. The van der Waals surface area contributed by atoms with Gasteiger partial charge in [-0.3, -0.25) is 9.36 Å². The fourth-order valence-corrected chi connectivity index (χ4v) is 6.09. The molecule has 0 unspecified atom stereocenters. The molecular formula is C24H22N2O5S2. The molecule has 1 aromatic heterocycles. The van der Waals surface area contributed by atoms with Crippen LogP contribution in [0.4, 0.5) is 0 Å². The lowest BCUT2D eigenvalue weighted by molar-refractivity contribution is 0.171. The van der Waals surface area contributed by atoms with Gasteiger partial charge in [0.05, 0.1) is 21.7 Å². The van der Waals surface area contributed by atoms with Crippen molar-refractivity contribution >= 4 is 31.6 Å². The molecule has 0 saturated heterocycles. The van der Waals surface area contributed by atoms with Gasteiger partial charge >= 0.3 is 4.87 Å². The third kappa shape index (κ3) is 4.39. The third-order valence-electron chi connectivity index (χ3n) is 5.53. The van der Waals surface area contributed by atoms with Gasteiger partial charge in [-0.1, -0.05) is 47.7 Å².